The number of nitro benzene ring substituents is 1. The Morgan fingerprint density at radius 3 is 2.58 bits per heavy atom. The predicted octanol–water partition coefficient (Wildman–Crippen LogP) is 2.20. The number of hydrogen-bond acceptors (Lipinski definition) is 4. The molecule has 1 aromatic carbocycles. The van der Waals surface area contributed by atoms with Crippen molar-refractivity contribution < 1.29 is 14.8 Å². The molecule has 1 amide bonds. The Hall–Kier alpha value is -1.47. The maximum absolute atomic E-state index is 12.2. The van der Waals surface area contributed by atoms with Crippen LogP contribution in [0.15, 0.2) is 22.7 Å². The molecule has 0 aliphatic carbocycles. The molecule has 0 fully saturated rings. The lowest BCUT2D eigenvalue weighted by Gasteiger charge is -2.33. The molecule has 0 radical (unpaired) electrons. The van der Waals surface area contributed by atoms with Gasteiger partial charge in [0.2, 0.25) is 0 Å². The van der Waals surface area contributed by atoms with Gasteiger partial charge in [0.05, 0.1) is 21.5 Å². The molecule has 0 atom stereocenters. The number of halogens is 1. The lowest BCUT2D eigenvalue weighted by Crippen LogP contribution is -2.47. The summed E-state index contributed by atoms with van der Waals surface area (Å²) in [6, 6.07) is 4.19. The summed E-state index contributed by atoms with van der Waals surface area (Å²) in [5.41, 5.74) is -0.696. The van der Waals surface area contributed by atoms with Crippen molar-refractivity contribution >= 4 is 27.5 Å². The largest absolute Gasteiger partial charge is 0.394 e. The third kappa shape index (κ3) is 3.30. The summed E-state index contributed by atoms with van der Waals surface area (Å²) in [7, 11) is 1.55. The van der Waals surface area contributed by atoms with E-state index in [1.807, 2.05) is 0 Å². The number of aliphatic hydroxyl groups is 1. The number of rotatable bonds is 4. The molecular formula is C12H15BrN2O4. The SMILES string of the molecule is CN(C(=O)c1ccc(Br)c([N+](=O)[O-])c1)C(C)(C)CO. The van der Waals surface area contributed by atoms with Gasteiger partial charge in [-0.1, -0.05) is 0 Å². The number of likely N-dealkylation sites (N-methyl/N-ethyl adjacent to an activating group) is 1. The molecule has 0 aliphatic rings. The molecule has 0 bridgehead atoms. The van der Waals surface area contributed by atoms with Crippen molar-refractivity contribution in [3.63, 3.8) is 0 Å². The van der Waals surface area contributed by atoms with Crippen molar-refractivity contribution in [3.05, 3.63) is 38.3 Å². The smallest absolute Gasteiger partial charge is 0.284 e. The van der Waals surface area contributed by atoms with Crippen LogP contribution in [0.2, 0.25) is 0 Å². The van der Waals surface area contributed by atoms with E-state index in [4.69, 9.17) is 0 Å². The van der Waals surface area contributed by atoms with Gasteiger partial charge in [0.1, 0.15) is 0 Å². The lowest BCUT2D eigenvalue weighted by molar-refractivity contribution is -0.385. The summed E-state index contributed by atoms with van der Waals surface area (Å²) in [5, 5.41) is 20.1. The topological polar surface area (TPSA) is 83.7 Å². The first-order valence-corrected chi connectivity index (χ1v) is 6.33. The fraction of sp³-hybridized carbons (Fsp3) is 0.417. The average Bonchev–Trinajstić information content (AvgIpc) is 2.37. The van der Waals surface area contributed by atoms with Crippen LogP contribution < -0.4 is 0 Å². The van der Waals surface area contributed by atoms with Gasteiger partial charge < -0.3 is 10.0 Å². The standard InChI is InChI=1S/C12H15BrN2O4/c1-12(2,7-16)14(3)11(17)8-4-5-9(13)10(6-8)15(18)19/h4-6,16H,7H2,1-3H3. The highest BCUT2D eigenvalue weighted by atomic mass is 79.9. The zero-order valence-corrected chi connectivity index (χ0v) is 12.5. The number of carbonyl (C=O) groups is 1. The minimum absolute atomic E-state index is 0.166. The fourth-order valence-electron chi connectivity index (χ4n) is 1.36. The van der Waals surface area contributed by atoms with Gasteiger partial charge >= 0.3 is 0 Å². The monoisotopic (exact) mass is 330 g/mol. The minimum atomic E-state index is -0.737. The number of aliphatic hydroxyl groups excluding tert-OH is 1. The molecule has 6 nitrogen and oxygen atoms in total. The van der Waals surface area contributed by atoms with Crippen LogP contribution in [0.4, 0.5) is 5.69 Å². The Kier molecular flexibility index (Phi) is 4.65. The Morgan fingerprint density at radius 2 is 2.11 bits per heavy atom. The number of nitrogens with zero attached hydrogens (tertiary/aromatic N) is 2. The Bertz CT molecular complexity index is 516. The van der Waals surface area contributed by atoms with E-state index >= 15 is 0 Å². The van der Waals surface area contributed by atoms with Crippen molar-refractivity contribution in [1.82, 2.24) is 4.90 Å². The van der Waals surface area contributed by atoms with E-state index in [-0.39, 0.29) is 23.8 Å². The average molecular weight is 331 g/mol. The van der Waals surface area contributed by atoms with Crippen LogP contribution in [-0.2, 0) is 0 Å². The molecule has 19 heavy (non-hydrogen) atoms. The van der Waals surface area contributed by atoms with Gasteiger partial charge in [-0.15, -0.1) is 0 Å². The molecule has 1 N–H and O–H groups in total. The van der Waals surface area contributed by atoms with Gasteiger partial charge in [0, 0.05) is 18.7 Å². The third-order valence-corrected chi connectivity index (χ3v) is 3.66. The molecule has 0 saturated carbocycles. The van der Waals surface area contributed by atoms with E-state index in [1.54, 1.807) is 20.9 Å². The second-order valence-corrected chi connectivity index (χ2v) is 5.61. The van der Waals surface area contributed by atoms with Gasteiger partial charge in [0.25, 0.3) is 11.6 Å². The molecule has 1 aromatic rings. The Balaban J connectivity index is 3.14. The van der Waals surface area contributed by atoms with Gasteiger partial charge in [0.15, 0.2) is 0 Å². The van der Waals surface area contributed by atoms with Crippen LogP contribution in [0, 0.1) is 10.1 Å². The number of carbonyl (C=O) groups excluding carboxylic acids is 1. The van der Waals surface area contributed by atoms with Crippen molar-refractivity contribution in [2.45, 2.75) is 19.4 Å². The summed E-state index contributed by atoms with van der Waals surface area (Å²) in [5.74, 6) is -0.380. The highest BCUT2D eigenvalue weighted by Crippen LogP contribution is 2.27. The van der Waals surface area contributed by atoms with Crippen LogP contribution in [-0.4, -0.2) is 40.0 Å². The second kappa shape index (κ2) is 5.66. The Labute approximate surface area is 119 Å². The Morgan fingerprint density at radius 1 is 1.53 bits per heavy atom. The van der Waals surface area contributed by atoms with Crippen molar-refractivity contribution in [2.75, 3.05) is 13.7 Å². The molecule has 104 valence electrons. The van der Waals surface area contributed by atoms with Gasteiger partial charge in [-0.2, -0.15) is 0 Å². The van der Waals surface area contributed by atoms with Crippen LogP contribution in [0.3, 0.4) is 0 Å². The molecule has 0 unspecified atom stereocenters. The first-order chi connectivity index (χ1) is 8.70. The van der Waals surface area contributed by atoms with Crippen molar-refractivity contribution in [3.8, 4) is 0 Å². The zero-order chi connectivity index (χ0) is 14.8. The highest BCUT2D eigenvalue weighted by molar-refractivity contribution is 9.10. The molecule has 0 aromatic heterocycles. The van der Waals surface area contributed by atoms with E-state index in [1.165, 1.54) is 23.1 Å². The molecular weight excluding hydrogens is 316 g/mol. The van der Waals surface area contributed by atoms with Crippen LogP contribution in [0.5, 0.6) is 0 Å². The van der Waals surface area contributed by atoms with Crippen LogP contribution in [0.1, 0.15) is 24.2 Å². The van der Waals surface area contributed by atoms with E-state index in [0.717, 1.165) is 0 Å². The first-order valence-electron chi connectivity index (χ1n) is 5.53. The summed E-state index contributed by atoms with van der Waals surface area (Å²) in [4.78, 5) is 23.8. The fourth-order valence-corrected chi connectivity index (χ4v) is 1.75. The predicted molar refractivity (Wildman–Crippen MR) is 74.1 cm³/mol. The second-order valence-electron chi connectivity index (χ2n) is 4.76. The van der Waals surface area contributed by atoms with Crippen molar-refractivity contribution in [2.24, 2.45) is 0 Å². The number of benzene rings is 1. The molecule has 0 spiro atoms. The van der Waals surface area contributed by atoms with Gasteiger partial charge in [-0.3, -0.25) is 14.9 Å². The molecule has 0 aliphatic heterocycles. The summed E-state index contributed by atoms with van der Waals surface area (Å²) < 4.78 is 0.318. The summed E-state index contributed by atoms with van der Waals surface area (Å²) in [6.45, 7) is 3.21. The summed E-state index contributed by atoms with van der Waals surface area (Å²) in [6.07, 6.45) is 0. The van der Waals surface area contributed by atoms with Crippen molar-refractivity contribution in [1.29, 1.82) is 0 Å². The van der Waals surface area contributed by atoms with Gasteiger partial charge in [-0.05, 0) is 41.9 Å². The number of amides is 1. The minimum Gasteiger partial charge on any atom is -0.394 e. The van der Waals surface area contributed by atoms with E-state index in [9.17, 15) is 20.0 Å². The maximum Gasteiger partial charge on any atom is 0.284 e. The van der Waals surface area contributed by atoms with E-state index < -0.39 is 10.5 Å². The molecule has 0 saturated heterocycles. The maximum atomic E-state index is 12.2. The third-order valence-electron chi connectivity index (χ3n) is 2.99. The number of hydrogen-bond donors (Lipinski definition) is 1. The quantitative estimate of drug-likeness (QED) is 0.677. The zero-order valence-electron chi connectivity index (χ0n) is 10.9. The normalized spacial score (nSPS) is 11.2. The number of nitro groups is 1. The lowest BCUT2D eigenvalue weighted by atomic mass is 10.0. The molecule has 1 rings (SSSR count). The van der Waals surface area contributed by atoms with Crippen LogP contribution in [0.25, 0.3) is 0 Å². The van der Waals surface area contributed by atoms with Gasteiger partial charge in [-0.25, -0.2) is 0 Å². The molecule has 7 heteroatoms. The van der Waals surface area contributed by atoms with Crippen LogP contribution >= 0.6 is 15.9 Å². The van der Waals surface area contributed by atoms with E-state index in [0.29, 0.717) is 4.47 Å². The summed E-state index contributed by atoms with van der Waals surface area (Å²) >= 11 is 3.06. The first kappa shape index (κ1) is 15.6. The van der Waals surface area contributed by atoms with E-state index in [2.05, 4.69) is 15.9 Å². The highest BCUT2D eigenvalue weighted by Gasteiger charge is 2.28. The molecule has 0 heterocycles.